The molecule has 0 unspecified atom stereocenters. The SMILES string of the molecule is O=C(NCCCN1C(=O)COc2ccccc21)c1ccc[nH]1. The molecule has 0 saturated heterocycles. The number of rotatable bonds is 5. The number of ether oxygens (including phenoxy) is 1. The third-order valence-corrected chi connectivity index (χ3v) is 3.49. The van der Waals surface area contributed by atoms with Crippen LogP contribution >= 0.6 is 0 Å². The third kappa shape index (κ3) is 2.95. The van der Waals surface area contributed by atoms with Gasteiger partial charge >= 0.3 is 0 Å². The fourth-order valence-corrected chi connectivity index (χ4v) is 2.41. The number of benzene rings is 1. The molecule has 6 heteroatoms. The number of aromatic amines is 1. The van der Waals surface area contributed by atoms with E-state index in [-0.39, 0.29) is 18.4 Å². The quantitative estimate of drug-likeness (QED) is 0.823. The van der Waals surface area contributed by atoms with Crippen molar-refractivity contribution in [3.05, 3.63) is 48.3 Å². The molecule has 2 N–H and O–H groups in total. The summed E-state index contributed by atoms with van der Waals surface area (Å²) in [6.45, 7) is 1.11. The maximum atomic E-state index is 12.0. The summed E-state index contributed by atoms with van der Waals surface area (Å²) < 4.78 is 5.39. The van der Waals surface area contributed by atoms with Crippen LogP contribution in [0, 0.1) is 0 Å². The second kappa shape index (κ2) is 6.34. The molecule has 6 nitrogen and oxygen atoms in total. The van der Waals surface area contributed by atoms with Crippen LogP contribution in [0.5, 0.6) is 5.75 Å². The lowest BCUT2D eigenvalue weighted by molar-refractivity contribution is -0.121. The van der Waals surface area contributed by atoms with Crippen molar-refractivity contribution < 1.29 is 14.3 Å². The first-order valence-electron chi connectivity index (χ1n) is 7.19. The molecule has 0 fully saturated rings. The van der Waals surface area contributed by atoms with Crippen LogP contribution < -0.4 is 15.0 Å². The molecule has 3 rings (SSSR count). The van der Waals surface area contributed by atoms with Crippen molar-refractivity contribution in [1.29, 1.82) is 0 Å². The molecule has 1 aromatic carbocycles. The molecule has 0 bridgehead atoms. The summed E-state index contributed by atoms with van der Waals surface area (Å²) in [6.07, 6.45) is 2.38. The van der Waals surface area contributed by atoms with Crippen LogP contribution in [0.15, 0.2) is 42.6 Å². The van der Waals surface area contributed by atoms with Crippen molar-refractivity contribution in [2.24, 2.45) is 0 Å². The van der Waals surface area contributed by atoms with Gasteiger partial charge in [-0.15, -0.1) is 0 Å². The number of H-pyrrole nitrogens is 1. The number of para-hydroxylation sites is 2. The summed E-state index contributed by atoms with van der Waals surface area (Å²) in [5.41, 5.74) is 1.32. The second-order valence-corrected chi connectivity index (χ2v) is 5.00. The van der Waals surface area contributed by atoms with Crippen LogP contribution in [-0.4, -0.2) is 36.5 Å². The lowest BCUT2D eigenvalue weighted by Crippen LogP contribution is -2.40. The molecule has 0 spiro atoms. The Hall–Kier alpha value is -2.76. The molecule has 114 valence electrons. The predicted octanol–water partition coefficient (Wildman–Crippen LogP) is 1.56. The van der Waals surface area contributed by atoms with Crippen LogP contribution in [0.4, 0.5) is 5.69 Å². The van der Waals surface area contributed by atoms with E-state index < -0.39 is 0 Å². The van der Waals surface area contributed by atoms with E-state index in [1.54, 1.807) is 23.2 Å². The smallest absolute Gasteiger partial charge is 0.267 e. The first kappa shape index (κ1) is 14.2. The molecule has 2 heterocycles. The minimum atomic E-state index is -0.140. The van der Waals surface area contributed by atoms with Gasteiger partial charge in [-0.2, -0.15) is 0 Å². The van der Waals surface area contributed by atoms with Gasteiger partial charge in [0, 0.05) is 19.3 Å². The monoisotopic (exact) mass is 299 g/mol. The van der Waals surface area contributed by atoms with Crippen molar-refractivity contribution in [2.45, 2.75) is 6.42 Å². The number of nitrogens with zero attached hydrogens (tertiary/aromatic N) is 1. The Balaban J connectivity index is 1.53. The van der Waals surface area contributed by atoms with Crippen LogP contribution in [0.1, 0.15) is 16.9 Å². The third-order valence-electron chi connectivity index (χ3n) is 3.49. The standard InChI is InChI=1S/C16H17N3O3/c20-15-11-22-14-7-2-1-6-13(14)19(15)10-4-9-18-16(21)12-5-3-8-17-12/h1-3,5-8,17H,4,9-11H2,(H,18,21). The predicted molar refractivity (Wildman–Crippen MR) is 82.0 cm³/mol. The van der Waals surface area contributed by atoms with Gasteiger partial charge in [-0.25, -0.2) is 0 Å². The van der Waals surface area contributed by atoms with Gasteiger partial charge in [0.2, 0.25) is 0 Å². The lowest BCUT2D eigenvalue weighted by atomic mass is 10.2. The summed E-state index contributed by atoms with van der Waals surface area (Å²) in [5.74, 6) is 0.519. The molecule has 1 aliphatic rings. The molecule has 2 amide bonds. The maximum absolute atomic E-state index is 12.0. The molecular weight excluding hydrogens is 282 g/mol. The van der Waals surface area contributed by atoms with Crippen molar-refractivity contribution >= 4 is 17.5 Å². The van der Waals surface area contributed by atoms with Crippen molar-refractivity contribution in [1.82, 2.24) is 10.3 Å². The summed E-state index contributed by atoms with van der Waals surface area (Å²) >= 11 is 0. The topological polar surface area (TPSA) is 74.4 Å². The largest absolute Gasteiger partial charge is 0.482 e. The van der Waals surface area contributed by atoms with Gasteiger partial charge in [-0.1, -0.05) is 12.1 Å². The van der Waals surface area contributed by atoms with Crippen molar-refractivity contribution in [2.75, 3.05) is 24.6 Å². The van der Waals surface area contributed by atoms with Gasteiger partial charge in [-0.05, 0) is 30.7 Å². The molecule has 0 saturated carbocycles. The average molecular weight is 299 g/mol. The van der Waals surface area contributed by atoms with Gasteiger partial charge in [-0.3, -0.25) is 9.59 Å². The van der Waals surface area contributed by atoms with Gasteiger partial charge in [0.15, 0.2) is 6.61 Å². The van der Waals surface area contributed by atoms with E-state index in [2.05, 4.69) is 10.3 Å². The van der Waals surface area contributed by atoms with Gasteiger partial charge in [0.1, 0.15) is 11.4 Å². The van der Waals surface area contributed by atoms with Crippen LogP contribution in [0.3, 0.4) is 0 Å². The Morgan fingerprint density at radius 3 is 2.95 bits per heavy atom. The Kier molecular flexibility index (Phi) is 4.09. The van der Waals surface area contributed by atoms with E-state index in [1.165, 1.54) is 0 Å². The average Bonchev–Trinajstić information content (AvgIpc) is 3.07. The van der Waals surface area contributed by atoms with Gasteiger partial charge in [0.25, 0.3) is 11.8 Å². The highest BCUT2D eigenvalue weighted by atomic mass is 16.5. The number of fused-ring (bicyclic) bond motifs is 1. The van der Waals surface area contributed by atoms with Crippen molar-refractivity contribution in [3.8, 4) is 5.75 Å². The van der Waals surface area contributed by atoms with E-state index >= 15 is 0 Å². The minimum Gasteiger partial charge on any atom is -0.482 e. The van der Waals surface area contributed by atoms with E-state index in [0.717, 1.165) is 11.4 Å². The lowest BCUT2D eigenvalue weighted by Gasteiger charge is -2.29. The number of amides is 2. The normalized spacial score (nSPS) is 13.5. The number of nitrogens with one attached hydrogen (secondary N) is 2. The Morgan fingerprint density at radius 1 is 1.27 bits per heavy atom. The fraction of sp³-hybridized carbons (Fsp3) is 0.250. The zero-order chi connectivity index (χ0) is 15.4. The first-order valence-corrected chi connectivity index (χ1v) is 7.19. The summed E-state index contributed by atoms with van der Waals surface area (Å²) in [7, 11) is 0. The molecular formula is C16H17N3O3. The van der Waals surface area contributed by atoms with Crippen molar-refractivity contribution in [3.63, 3.8) is 0 Å². The molecule has 1 aliphatic heterocycles. The maximum Gasteiger partial charge on any atom is 0.267 e. The van der Waals surface area contributed by atoms with E-state index in [1.807, 2.05) is 24.3 Å². The highest BCUT2D eigenvalue weighted by Crippen LogP contribution is 2.31. The highest BCUT2D eigenvalue weighted by Gasteiger charge is 2.24. The number of carbonyl (C=O) groups excluding carboxylic acids is 2. The summed E-state index contributed by atoms with van der Waals surface area (Å²) in [4.78, 5) is 28.3. The van der Waals surface area contributed by atoms with E-state index in [4.69, 9.17) is 4.74 Å². The first-order chi connectivity index (χ1) is 10.8. The molecule has 0 radical (unpaired) electrons. The minimum absolute atomic E-state index is 0.0607. The Morgan fingerprint density at radius 2 is 2.14 bits per heavy atom. The summed E-state index contributed by atoms with van der Waals surface area (Å²) in [6, 6.07) is 11.0. The van der Waals surface area contributed by atoms with Crippen LogP contribution in [-0.2, 0) is 4.79 Å². The van der Waals surface area contributed by atoms with Gasteiger partial charge < -0.3 is 19.9 Å². The highest BCUT2D eigenvalue weighted by molar-refractivity contribution is 5.97. The number of hydrogen-bond donors (Lipinski definition) is 2. The molecule has 2 aromatic rings. The van der Waals surface area contributed by atoms with E-state index in [0.29, 0.717) is 25.2 Å². The second-order valence-electron chi connectivity index (χ2n) is 5.00. The van der Waals surface area contributed by atoms with Gasteiger partial charge in [0.05, 0.1) is 5.69 Å². The summed E-state index contributed by atoms with van der Waals surface area (Å²) in [5, 5.41) is 2.82. The Bertz CT molecular complexity index is 667. The zero-order valence-corrected chi connectivity index (χ0v) is 12.0. The Labute approximate surface area is 128 Å². The molecule has 0 atom stereocenters. The molecule has 1 aromatic heterocycles. The number of carbonyl (C=O) groups is 2. The van der Waals surface area contributed by atoms with E-state index in [9.17, 15) is 9.59 Å². The number of aromatic nitrogens is 1. The van der Waals surface area contributed by atoms with Crippen LogP contribution in [0.2, 0.25) is 0 Å². The number of anilines is 1. The zero-order valence-electron chi connectivity index (χ0n) is 12.0. The fourth-order valence-electron chi connectivity index (χ4n) is 2.41. The van der Waals surface area contributed by atoms with Crippen LogP contribution in [0.25, 0.3) is 0 Å². The number of hydrogen-bond acceptors (Lipinski definition) is 3. The molecule has 22 heavy (non-hydrogen) atoms. The molecule has 0 aliphatic carbocycles.